The van der Waals surface area contributed by atoms with Crippen molar-refractivity contribution in [1.29, 1.82) is 0 Å². The molecule has 0 aliphatic carbocycles. The zero-order chi connectivity index (χ0) is 19.1. The van der Waals surface area contributed by atoms with Gasteiger partial charge in [0.05, 0.1) is 25.8 Å². The molecule has 2 aromatic rings. The molecule has 0 aliphatic rings. The van der Waals surface area contributed by atoms with E-state index in [2.05, 4.69) is 15.4 Å². The van der Waals surface area contributed by atoms with Gasteiger partial charge in [0.1, 0.15) is 17.2 Å². The van der Waals surface area contributed by atoms with Crippen molar-refractivity contribution in [2.45, 2.75) is 6.61 Å². The highest BCUT2D eigenvalue weighted by Crippen LogP contribution is 2.29. The normalized spacial score (nSPS) is 10.4. The molecule has 0 bridgehead atoms. The Balaban J connectivity index is 1.95. The van der Waals surface area contributed by atoms with Crippen LogP contribution in [0.4, 0.5) is 20.2 Å². The number of nitrogens with one attached hydrogen (secondary N) is 2. The Hall–Kier alpha value is -2.74. The van der Waals surface area contributed by atoms with Crippen LogP contribution in [-0.2, 0) is 4.79 Å². The third kappa shape index (κ3) is 5.66. The zero-order valence-corrected chi connectivity index (χ0v) is 14.8. The number of carbonyl (C=O) groups is 1. The second-order valence-corrected chi connectivity index (χ2v) is 5.43. The molecule has 1 amide bonds. The number of anilines is 2. The molecule has 2 N–H and O–H groups in total. The van der Waals surface area contributed by atoms with Crippen LogP contribution in [0.25, 0.3) is 0 Å². The number of hydrogen-bond donors (Lipinski definition) is 2. The number of amides is 1. The fourth-order valence-corrected chi connectivity index (χ4v) is 2.29. The largest absolute Gasteiger partial charge is 0.497 e. The van der Waals surface area contributed by atoms with E-state index in [1.54, 1.807) is 18.2 Å². The van der Waals surface area contributed by atoms with Crippen molar-refractivity contribution in [2.24, 2.45) is 0 Å². The third-order valence-electron chi connectivity index (χ3n) is 3.24. The molecule has 0 atom stereocenters. The SMILES string of the molecule is COc1cc(NC(=O)CNc2ccc(OC(F)F)c(Cl)c2)cc(OC)c1. The van der Waals surface area contributed by atoms with Gasteiger partial charge in [-0.3, -0.25) is 4.79 Å². The summed E-state index contributed by atoms with van der Waals surface area (Å²) in [5.41, 5.74) is 0.988. The van der Waals surface area contributed by atoms with E-state index in [9.17, 15) is 13.6 Å². The van der Waals surface area contributed by atoms with Gasteiger partial charge in [-0.2, -0.15) is 8.78 Å². The Bertz CT molecular complexity index is 752. The van der Waals surface area contributed by atoms with Crippen LogP contribution >= 0.6 is 11.6 Å². The van der Waals surface area contributed by atoms with Gasteiger partial charge in [-0.25, -0.2) is 0 Å². The molecule has 0 radical (unpaired) electrons. The standard InChI is InChI=1S/C17H17ClF2N2O4/c1-24-12-5-11(6-13(8-12)25-2)22-16(23)9-21-10-3-4-15(14(18)7-10)26-17(19)20/h3-8,17,21H,9H2,1-2H3,(H,22,23). The molecule has 0 spiro atoms. The van der Waals surface area contributed by atoms with Crippen molar-refractivity contribution in [1.82, 2.24) is 0 Å². The lowest BCUT2D eigenvalue weighted by Gasteiger charge is -2.12. The lowest BCUT2D eigenvalue weighted by Crippen LogP contribution is -2.21. The molecule has 6 nitrogen and oxygen atoms in total. The van der Waals surface area contributed by atoms with Crippen molar-refractivity contribution >= 4 is 28.9 Å². The maximum absolute atomic E-state index is 12.2. The fourth-order valence-electron chi connectivity index (χ4n) is 2.07. The summed E-state index contributed by atoms with van der Waals surface area (Å²) in [7, 11) is 3.01. The first-order valence-corrected chi connectivity index (χ1v) is 7.80. The molecule has 2 rings (SSSR count). The molecule has 9 heteroatoms. The lowest BCUT2D eigenvalue weighted by atomic mass is 10.2. The Labute approximate surface area is 154 Å². The molecule has 26 heavy (non-hydrogen) atoms. The van der Waals surface area contributed by atoms with Crippen molar-refractivity contribution in [3.8, 4) is 17.2 Å². The van der Waals surface area contributed by atoms with Gasteiger partial charge in [-0.1, -0.05) is 11.6 Å². The molecule has 0 unspecified atom stereocenters. The monoisotopic (exact) mass is 386 g/mol. The van der Waals surface area contributed by atoms with Gasteiger partial charge in [0, 0.05) is 29.6 Å². The molecule has 140 valence electrons. The Kier molecular flexibility index (Phi) is 6.85. The Morgan fingerprint density at radius 3 is 2.27 bits per heavy atom. The smallest absolute Gasteiger partial charge is 0.387 e. The predicted molar refractivity (Wildman–Crippen MR) is 94.7 cm³/mol. The van der Waals surface area contributed by atoms with Gasteiger partial charge < -0.3 is 24.8 Å². The van der Waals surface area contributed by atoms with Crippen LogP contribution in [0.3, 0.4) is 0 Å². The predicted octanol–water partition coefficient (Wildman–Crippen LogP) is 4.01. The Morgan fingerprint density at radius 2 is 1.73 bits per heavy atom. The van der Waals surface area contributed by atoms with Crippen LogP contribution in [0.5, 0.6) is 17.2 Å². The van der Waals surface area contributed by atoms with Gasteiger partial charge in [0.15, 0.2) is 0 Å². The third-order valence-corrected chi connectivity index (χ3v) is 3.53. The highest BCUT2D eigenvalue weighted by molar-refractivity contribution is 6.32. The number of halogens is 3. The van der Waals surface area contributed by atoms with Crippen LogP contribution in [0, 0.1) is 0 Å². The van der Waals surface area contributed by atoms with E-state index >= 15 is 0 Å². The molecule has 0 aromatic heterocycles. The summed E-state index contributed by atoms with van der Waals surface area (Å²) in [6.45, 7) is -3.03. The summed E-state index contributed by atoms with van der Waals surface area (Å²) in [6.07, 6.45) is 0. The van der Waals surface area contributed by atoms with E-state index in [-0.39, 0.29) is 23.2 Å². The molecule has 0 saturated heterocycles. The summed E-state index contributed by atoms with van der Waals surface area (Å²) in [4.78, 5) is 12.1. The molecule has 0 heterocycles. The minimum atomic E-state index is -2.96. The van der Waals surface area contributed by atoms with Crippen LogP contribution in [0.1, 0.15) is 0 Å². The van der Waals surface area contributed by atoms with Crippen LogP contribution in [0.15, 0.2) is 36.4 Å². The average Bonchev–Trinajstić information content (AvgIpc) is 2.61. The summed E-state index contributed by atoms with van der Waals surface area (Å²) < 4.78 is 38.9. The summed E-state index contributed by atoms with van der Waals surface area (Å²) >= 11 is 5.86. The number of alkyl halides is 2. The number of carbonyl (C=O) groups excluding carboxylic acids is 1. The first-order valence-electron chi connectivity index (χ1n) is 7.42. The van der Waals surface area contributed by atoms with Crippen molar-refractivity contribution < 1.29 is 27.8 Å². The van der Waals surface area contributed by atoms with Gasteiger partial charge in [-0.05, 0) is 18.2 Å². The number of benzene rings is 2. The fraction of sp³-hybridized carbons (Fsp3) is 0.235. The van der Waals surface area contributed by atoms with Crippen LogP contribution in [-0.4, -0.2) is 33.3 Å². The van der Waals surface area contributed by atoms with Crippen LogP contribution < -0.4 is 24.8 Å². The number of rotatable bonds is 8. The van der Waals surface area contributed by atoms with Gasteiger partial charge in [0.2, 0.25) is 5.91 Å². The van der Waals surface area contributed by atoms with Crippen molar-refractivity contribution in [3.63, 3.8) is 0 Å². The quantitative estimate of drug-likeness (QED) is 0.717. The maximum Gasteiger partial charge on any atom is 0.387 e. The first-order chi connectivity index (χ1) is 12.4. The molecule has 0 aliphatic heterocycles. The number of ether oxygens (including phenoxy) is 3. The Morgan fingerprint density at radius 1 is 1.08 bits per heavy atom. The number of methoxy groups -OCH3 is 2. The summed E-state index contributed by atoms with van der Waals surface area (Å²) in [6, 6.07) is 9.13. The van der Waals surface area contributed by atoms with Gasteiger partial charge >= 0.3 is 6.61 Å². The van der Waals surface area contributed by atoms with E-state index < -0.39 is 6.61 Å². The number of hydrogen-bond acceptors (Lipinski definition) is 5. The van der Waals surface area contributed by atoms with E-state index in [0.717, 1.165) is 0 Å². The molecule has 0 fully saturated rings. The first kappa shape index (κ1) is 19.6. The maximum atomic E-state index is 12.2. The van der Waals surface area contributed by atoms with E-state index in [0.29, 0.717) is 22.9 Å². The highest BCUT2D eigenvalue weighted by Gasteiger charge is 2.10. The average molecular weight is 387 g/mol. The summed E-state index contributed by atoms with van der Waals surface area (Å²) in [5.74, 6) is 0.604. The lowest BCUT2D eigenvalue weighted by molar-refractivity contribution is -0.114. The summed E-state index contributed by atoms with van der Waals surface area (Å²) in [5, 5.41) is 5.54. The van der Waals surface area contributed by atoms with Crippen molar-refractivity contribution in [3.05, 3.63) is 41.4 Å². The second kappa shape index (κ2) is 9.10. The van der Waals surface area contributed by atoms with E-state index in [1.807, 2.05) is 0 Å². The van der Waals surface area contributed by atoms with Gasteiger partial charge in [0.25, 0.3) is 0 Å². The molecule has 0 saturated carbocycles. The molecule has 2 aromatic carbocycles. The minimum absolute atomic E-state index is 0.00763. The van der Waals surface area contributed by atoms with Crippen LogP contribution in [0.2, 0.25) is 5.02 Å². The minimum Gasteiger partial charge on any atom is -0.497 e. The second-order valence-electron chi connectivity index (χ2n) is 5.03. The van der Waals surface area contributed by atoms with E-state index in [4.69, 9.17) is 21.1 Å². The van der Waals surface area contributed by atoms with E-state index in [1.165, 1.54) is 32.4 Å². The van der Waals surface area contributed by atoms with Gasteiger partial charge in [-0.15, -0.1) is 0 Å². The molecular weight excluding hydrogens is 370 g/mol. The topological polar surface area (TPSA) is 68.8 Å². The molecular formula is C17H17ClF2N2O4. The highest BCUT2D eigenvalue weighted by atomic mass is 35.5. The zero-order valence-electron chi connectivity index (χ0n) is 14.0. The van der Waals surface area contributed by atoms with Crippen molar-refractivity contribution in [2.75, 3.05) is 31.4 Å².